The molecule has 6 amide bonds. The fourth-order valence-electron chi connectivity index (χ4n) is 14.1. The summed E-state index contributed by atoms with van der Waals surface area (Å²) in [5.74, 6) is -8.62. The third kappa shape index (κ3) is 34.2. The van der Waals surface area contributed by atoms with Gasteiger partial charge in [-0.05, 0) is 232 Å². The fourth-order valence-corrected chi connectivity index (χ4v) is 14.6. The highest BCUT2D eigenvalue weighted by atomic mass is 35.5. The Labute approximate surface area is 711 Å². The van der Waals surface area contributed by atoms with Crippen LogP contribution in [0.4, 0.5) is 26.7 Å². The molecular weight excluding hydrogens is 1640 g/mol. The minimum atomic E-state index is -0.749. The average molecular weight is 1750 g/mol. The number of hydrogen-bond acceptors (Lipinski definition) is 17. The summed E-state index contributed by atoms with van der Waals surface area (Å²) in [6.45, 7) is 20.9. The topological polar surface area (TPSA) is 294 Å². The Morgan fingerprint density at radius 3 is 1.18 bits per heavy atom. The van der Waals surface area contributed by atoms with Crippen molar-refractivity contribution in [3.8, 4) is 0 Å². The molecule has 0 aliphatic carbocycles. The molecule has 7 atom stereocenters. The highest BCUT2D eigenvalue weighted by molar-refractivity contribution is 6.39. The number of Topliss-reactive ketones (excluding diaryl/α,β-unsaturated/α-hetero) is 5. The number of rotatable bonds is 25. The summed E-state index contributed by atoms with van der Waals surface area (Å²) in [7, 11) is 4.03. The molecule has 0 radical (unpaired) electrons. The van der Waals surface area contributed by atoms with Crippen LogP contribution in [0.1, 0.15) is 134 Å². The van der Waals surface area contributed by atoms with E-state index in [9.17, 15) is 74.7 Å². The molecule has 5 aromatic carbocycles. The molecule has 10 rings (SSSR count). The minimum absolute atomic E-state index is 0.000827. The van der Waals surface area contributed by atoms with Crippen LogP contribution in [0.5, 0.6) is 0 Å². The van der Waals surface area contributed by atoms with Crippen LogP contribution in [0.3, 0.4) is 0 Å². The lowest BCUT2D eigenvalue weighted by Crippen LogP contribution is -2.55. The van der Waals surface area contributed by atoms with Crippen LogP contribution >= 0.6 is 58.0 Å². The average Bonchev–Trinajstić information content (AvgIpc) is 0.828. The van der Waals surface area contributed by atoms with Gasteiger partial charge in [-0.2, -0.15) is 0 Å². The zero-order valence-corrected chi connectivity index (χ0v) is 71.6. The van der Waals surface area contributed by atoms with Crippen LogP contribution in [0.15, 0.2) is 91.0 Å². The van der Waals surface area contributed by atoms with Gasteiger partial charge in [0.2, 0.25) is 28.9 Å². The second-order valence-corrected chi connectivity index (χ2v) is 33.4. The molecule has 6 N–H and O–H groups in total. The Morgan fingerprint density at radius 2 is 0.805 bits per heavy atom. The van der Waals surface area contributed by atoms with E-state index in [0.717, 1.165) is 110 Å². The predicted molar refractivity (Wildman–Crippen MR) is 443 cm³/mol. The van der Waals surface area contributed by atoms with E-state index >= 15 is 0 Å². The maximum Gasteiger partial charge on any atom is 0.410 e. The number of ketones is 5. The van der Waals surface area contributed by atoms with Crippen molar-refractivity contribution >= 4 is 123 Å². The quantitative estimate of drug-likeness (QED) is 0.0234. The molecule has 5 aliphatic heterocycles. The molecule has 0 spiro atoms. The molecule has 5 heterocycles. The van der Waals surface area contributed by atoms with E-state index in [0.29, 0.717) is 66.2 Å². The Kier molecular flexibility index (Phi) is 41.0. The minimum Gasteiger partial charge on any atom is -0.444 e. The molecule has 33 heteroatoms. The number of hydrogen-bond donors (Lipinski definition) is 6. The van der Waals surface area contributed by atoms with Gasteiger partial charge < -0.3 is 56.0 Å². The third-order valence-corrected chi connectivity index (χ3v) is 22.0. The van der Waals surface area contributed by atoms with Gasteiger partial charge in [0.1, 0.15) is 34.7 Å². The first-order valence-electron chi connectivity index (χ1n) is 39.6. The van der Waals surface area contributed by atoms with Crippen molar-refractivity contribution in [2.45, 2.75) is 174 Å². The molecule has 118 heavy (non-hydrogen) atoms. The number of amides is 6. The number of aliphatic hydroxyl groups is 1. The van der Waals surface area contributed by atoms with Crippen LogP contribution in [0.2, 0.25) is 25.1 Å². The highest BCUT2D eigenvalue weighted by Gasteiger charge is 2.35. The Hall–Kier alpha value is -8.03. The van der Waals surface area contributed by atoms with Gasteiger partial charge in [-0.1, -0.05) is 102 Å². The van der Waals surface area contributed by atoms with Crippen LogP contribution in [0.25, 0.3) is 0 Å². The predicted octanol–water partition coefficient (Wildman–Crippen LogP) is 11.3. The Balaban J connectivity index is 0.000000230. The number of aliphatic hydroxyl groups excluding tert-OH is 1. The number of halogens is 10. The monoisotopic (exact) mass is 1750 g/mol. The lowest BCUT2D eigenvalue weighted by Gasteiger charge is -2.42. The third-order valence-electron chi connectivity index (χ3n) is 20.4. The van der Waals surface area contributed by atoms with E-state index in [-0.39, 0.29) is 106 Å². The van der Waals surface area contributed by atoms with Crippen LogP contribution in [-0.2, 0) is 84.8 Å². The second-order valence-electron chi connectivity index (χ2n) is 31.4. The van der Waals surface area contributed by atoms with E-state index in [1.807, 2.05) is 21.0 Å². The summed E-state index contributed by atoms with van der Waals surface area (Å²) < 4.78 is 72.2. The maximum atomic E-state index is 13.4. The summed E-state index contributed by atoms with van der Waals surface area (Å²) in [6.07, 6.45) is 7.90. The zero-order valence-electron chi connectivity index (χ0n) is 67.9. The van der Waals surface area contributed by atoms with Gasteiger partial charge in [0.25, 0.3) is 29.5 Å². The van der Waals surface area contributed by atoms with Gasteiger partial charge in [0.15, 0.2) is 0 Å². The summed E-state index contributed by atoms with van der Waals surface area (Å²) in [5, 5.41) is 22.7. The van der Waals surface area contributed by atoms with Crippen LogP contribution in [0, 0.1) is 40.9 Å². The van der Waals surface area contributed by atoms with Crippen molar-refractivity contribution in [3.63, 3.8) is 0 Å². The zero-order chi connectivity index (χ0) is 87.1. The number of likely N-dealkylation sites (N-methyl/N-ethyl adjacent to an activating group) is 1. The Morgan fingerprint density at radius 1 is 0.449 bits per heavy atom. The number of ether oxygens (including phenoxy) is 1. The van der Waals surface area contributed by atoms with Crippen molar-refractivity contribution in [2.75, 3.05) is 99.2 Å². The number of carbonyl (C=O) groups excluding carboxylic acids is 11. The maximum absolute atomic E-state index is 13.4. The first-order valence-corrected chi connectivity index (χ1v) is 41.4. The van der Waals surface area contributed by atoms with Crippen molar-refractivity contribution in [3.05, 3.63) is 173 Å². The molecule has 0 aromatic heterocycles. The molecule has 0 bridgehead atoms. The number of carbonyl (C=O) groups is 11. The van der Waals surface area contributed by atoms with Crippen LogP contribution < -0.4 is 26.6 Å². The molecule has 23 nitrogen and oxygen atoms in total. The molecule has 0 saturated carbocycles. The standard InChI is InChI=1S/C19H24ClFN2O4.C18H24ClFN2O3.C17H22ClFN2O2.C16H20ClFN2O2.C15H18ClFN2O2/c1-19(2,3)27-18(26)23-8-4-5-13(11-23)22-17(25)16(24)10-12-6-7-14(20)15(21)9-12;1-11-12(2)22(7-8-23)6-5-16(11)21-18(25)17(24)10-13-3-4-14(19)15(20)9-13;1-2-7-21-8-3-4-13(11-21)20-17(23)16(22)10-12-5-6-14(18)15(19)9-12;1-20-6-2-3-12(10-20)9-19-16(22)15(21)8-11-4-5-13(17)14(18)7-11;1-19-6-2-3-11(9-19)18-15(21)14(20)8-10-4-5-12(16)13(17)7-10/h6-7,9,13H,4-5,8,10-11H2,1-3H3,(H,22,25);3-4,9,11-12,16,23H,5-8,10H2,1-2H3,(H,21,25);5-6,9,13H,2-4,7-8,10-11H2,1H3,(H,20,23);4-5,7,12H,2-3,6,8-10H2,1H3,(H,19,22);4-5,7,11H,2-3,6,8-9H2,1H3,(H,18,21). The molecule has 7 unspecified atom stereocenters. The van der Waals surface area contributed by atoms with E-state index < -0.39 is 99.2 Å². The summed E-state index contributed by atoms with van der Waals surface area (Å²) in [4.78, 5) is 143. The Bertz CT molecular complexity index is 4300. The molecule has 5 aliphatic rings. The van der Waals surface area contributed by atoms with Crippen molar-refractivity contribution < 1.29 is 84.5 Å². The normalized spacial score (nSPS) is 19.7. The molecule has 5 aromatic rings. The van der Waals surface area contributed by atoms with Gasteiger partial charge in [-0.15, -0.1) is 0 Å². The first kappa shape index (κ1) is 98.8. The number of likely N-dealkylation sites (tertiary alicyclic amines) is 5. The number of nitrogens with one attached hydrogen (secondary N) is 5. The molecule has 5 fully saturated rings. The smallest absolute Gasteiger partial charge is 0.410 e. The number of β-amino-alcohol motifs (C(OH)–C–C–N with tert-alkyl or cyclic N) is 1. The number of nitrogens with zero attached hydrogens (tertiary/aromatic N) is 5. The van der Waals surface area contributed by atoms with Crippen molar-refractivity contribution in [1.82, 2.24) is 51.1 Å². The van der Waals surface area contributed by atoms with Gasteiger partial charge in [-0.3, -0.25) is 52.8 Å². The number of piperidine rings is 5. The summed E-state index contributed by atoms with van der Waals surface area (Å²) in [5.41, 5.74) is 1.52. The summed E-state index contributed by atoms with van der Waals surface area (Å²) >= 11 is 28.0. The molecular formula is C85H108Cl5F5N10O13. The van der Waals surface area contributed by atoms with Crippen molar-refractivity contribution in [2.24, 2.45) is 11.8 Å². The largest absolute Gasteiger partial charge is 0.444 e. The SMILES string of the molecule is CC(C)(C)OC(=O)N1CCCC(NC(=O)C(=O)Cc2ccc(Cl)c(F)c2)C1.CC1C(NC(=O)C(=O)Cc2ccc(Cl)c(F)c2)CCN(CCO)C1C.CCCN1CCCC(NC(=O)C(=O)Cc2ccc(Cl)c(F)c2)C1.CN1CCCC(CNC(=O)C(=O)Cc2ccc(Cl)c(F)c2)C1.CN1CCCC(NC(=O)C(=O)Cc2ccc(Cl)c(F)c2)C1. The molecule has 5 saturated heterocycles. The lowest BCUT2D eigenvalue weighted by atomic mass is 9.87. The lowest BCUT2D eigenvalue weighted by molar-refractivity contribution is -0.138. The van der Waals surface area contributed by atoms with Crippen molar-refractivity contribution in [1.29, 1.82) is 0 Å². The van der Waals surface area contributed by atoms with Gasteiger partial charge >= 0.3 is 6.09 Å². The second kappa shape index (κ2) is 49.0. The highest BCUT2D eigenvalue weighted by Crippen LogP contribution is 2.26. The van der Waals surface area contributed by atoms with Gasteiger partial charge in [-0.25, -0.2) is 26.7 Å². The van der Waals surface area contributed by atoms with E-state index in [2.05, 4.69) is 60.0 Å². The van der Waals surface area contributed by atoms with Crippen LogP contribution in [-0.4, -0.2) is 229 Å². The van der Waals surface area contributed by atoms with Gasteiger partial charge in [0.05, 0.1) is 31.7 Å². The van der Waals surface area contributed by atoms with Gasteiger partial charge in [0, 0.05) is 115 Å². The van der Waals surface area contributed by atoms with E-state index in [1.165, 1.54) is 71.6 Å². The number of benzene rings is 5. The summed E-state index contributed by atoms with van der Waals surface area (Å²) in [6, 6.07) is 20.2. The first-order chi connectivity index (χ1) is 55.8. The fraction of sp³-hybridized carbons (Fsp3) is 0.518. The molecule has 646 valence electrons. The van der Waals surface area contributed by atoms with E-state index in [1.54, 1.807) is 39.0 Å². The van der Waals surface area contributed by atoms with E-state index in [4.69, 9.17) is 67.8 Å².